The van der Waals surface area contributed by atoms with E-state index < -0.39 is 5.60 Å². The highest BCUT2D eigenvalue weighted by Crippen LogP contribution is 2.46. The molecule has 3 rings (SSSR count). The van der Waals surface area contributed by atoms with Crippen LogP contribution in [0.4, 0.5) is 0 Å². The molecule has 1 saturated carbocycles. The van der Waals surface area contributed by atoms with Gasteiger partial charge in [-0.05, 0) is 48.6 Å². The second-order valence-electron chi connectivity index (χ2n) is 6.84. The molecule has 1 aliphatic carbocycles. The van der Waals surface area contributed by atoms with Gasteiger partial charge < -0.3 is 9.84 Å². The molecule has 110 valence electrons. The van der Waals surface area contributed by atoms with Gasteiger partial charge in [0.1, 0.15) is 5.75 Å². The van der Waals surface area contributed by atoms with Crippen molar-refractivity contribution in [3.63, 3.8) is 0 Å². The second-order valence-corrected chi connectivity index (χ2v) is 6.84. The topological polar surface area (TPSA) is 29.5 Å². The van der Waals surface area contributed by atoms with E-state index in [1.54, 1.807) is 0 Å². The maximum absolute atomic E-state index is 11.1. The highest BCUT2D eigenvalue weighted by atomic mass is 16.5. The largest absolute Gasteiger partial charge is 0.493 e. The Hall–Kier alpha value is -1.02. The normalized spacial score (nSPS) is 37.0. The van der Waals surface area contributed by atoms with Crippen molar-refractivity contribution in [2.24, 2.45) is 11.8 Å². The van der Waals surface area contributed by atoms with Gasteiger partial charge in [-0.2, -0.15) is 0 Å². The Bertz CT molecular complexity index is 470. The van der Waals surface area contributed by atoms with E-state index in [0.717, 1.165) is 38.0 Å². The smallest absolute Gasteiger partial charge is 0.122 e. The molecular formula is C18H26O2. The summed E-state index contributed by atoms with van der Waals surface area (Å²) in [6.07, 6.45) is 5.29. The number of para-hydroxylation sites is 1. The zero-order valence-electron chi connectivity index (χ0n) is 12.6. The second kappa shape index (κ2) is 5.40. The molecule has 0 spiro atoms. The van der Waals surface area contributed by atoms with Crippen molar-refractivity contribution in [3.05, 3.63) is 29.8 Å². The molecule has 2 heteroatoms. The highest BCUT2D eigenvalue weighted by Gasteiger charge is 2.42. The molecule has 4 atom stereocenters. The van der Waals surface area contributed by atoms with Crippen LogP contribution >= 0.6 is 0 Å². The molecule has 0 radical (unpaired) electrons. The van der Waals surface area contributed by atoms with Crippen LogP contribution in [0.1, 0.15) is 57.4 Å². The fourth-order valence-corrected chi connectivity index (χ4v) is 4.08. The zero-order valence-corrected chi connectivity index (χ0v) is 12.6. The van der Waals surface area contributed by atoms with Crippen LogP contribution in [-0.4, -0.2) is 17.3 Å². The number of aliphatic hydroxyl groups is 1. The lowest BCUT2D eigenvalue weighted by Crippen LogP contribution is -2.44. The third-order valence-corrected chi connectivity index (χ3v) is 5.65. The van der Waals surface area contributed by atoms with Crippen LogP contribution in [0, 0.1) is 11.8 Å². The molecule has 1 fully saturated rings. The summed E-state index contributed by atoms with van der Waals surface area (Å²) < 4.78 is 5.74. The molecule has 0 saturated heterocycles. The Labute approximate surface area is 122 Å². The first-order chi connectivity index (χ1) is 9.60. The molecule has 4 unspecified atom stereocenters. The van der Waals surface area contributed by atoms with Crippen LogP contribution in [-0.2, 0) is 0 Å². The molecule has 1 N–H and O–H groups in total. The van der Waals surface area contributed by atoms with E-state index in [1.807, 2.05) is 6.07 Å². The van der Waals surface area contributed by atoms with Crippen molar-refractivity contribution >= 4 is 0 Å². The lowest BCUT2D eigenvalue weighted by molar-refractivity contribution is -0.0751. The number of fused-ring (bicyclic) bond motifs is 1. The third kappa shape index (κ3) is 2.46. The van der Waals surface area contributed by atoms with Gasteiger partial charge in [-0.3, -0.25) is 0 Å². The van der Waals surface area contributed by atoms with Gasteiger partial charge >= 0.3 is 0 Å². The van der Waals surface area contributed by atoms with Crippen LogP contribution in [0.15, 0.2) is 24.3 Å². The number of ether oxygens (including phenoxy) is 1. The fraction of sp³-hybridized carbons (Fsp3) is 0.667. The van der Waals surface area contributed by atoms with Gasteiger partial charge in [0.2, 0.25) is 0 Å². The average Bonchev–Trinajstić information content (AvgIpc) is 2.45. The van der Waals surface area contributed by atoms with Crippen LogP contribution in [0.5, 0.6) is 5.75 Å². The molecule has 20 heavy (non-hydrogen) atoms. The number of benzene rings is 1. The lowest BCUT2D eigenvalue weighted by Gasteiger charge is -2.44. The summed E-state index contributed by atoms with van der Waals surface area (Å²) in [5.74, 6) is 2.48. The summed E-state index contributed by atoms with van der Waals surface area (Å²) >= 11 is 0. The molecule has 2 nitrogen and oxygen atoms in total. The van der Waals surface area contributed by atoms with Gasteiger partial charge in [0.15, 0.2) is 0 Å². The summed E-state index contributed by atoms with van der Waals surface area (Å²) in [7, 11) is 0. The van der Waals surface area contributed by atoms with Gasteiger partial charge in [0, 0.05) is 0 Å². The maximum Gasteiger partial charge on any atom is 0.122 e. The third-order valence-electron chi connectivity index (χ3n) is 5.65. The molecule has 0 bridgehead atoms. The van der Waals surface area contributed by atoms with Crippen molar-refractivity contribution in [3.8, 4) is 5.75 Å². The minimum absolute atomic E-state index is 0.395. The van der Waals surface area contributed by atoms with Crippen molar-refractivity contribution in [2.45, 2.75) is 57.5 Å². The summed E-state index contributed by atoms with van der Waals surface area (Å²) in [6, 6.07) is 8.33. The van der Waals surface area contributed by atoms with E-state index >= 15 is 0 Å². The van der Waals surface area contributed by atoms with Crippen LogP contribution in [0.25, 0.3) is 0 Å². The minimum Gasteiger partial charge on any atom is -0.493 e. The van der Waals surface area contributed by atoms with Crippen molar-refractivity contribution in [1.82, 2.24) is 0 Å². The summed E-state index contributed by atoms with van der Waals surface area (Å²) in [5.41, 5.74) is 0.796. The first-order valence-corrected chi connectivity index (χ1v) is 8.04. The standard InChI is InChI=1S/C18H26O2/c1-13-6-5-10-18(19,14(13)2)12-15-9-11-20-17-8-4-3-7-16(15)17/h3-4,7-8,13-15,19H,5-6,9-12H2,1-2H3. The quantitative estimate of drug-likeness (QED) is 0.878. The monoisotopic (exact) mass is 274 g/mol. The minimum atomic E-state index is -0.493. The van der Waals surface area contributed by atoms with Crippen LogP contribution in [0.2, 0.25) is 0 Å². The molecule has 2 aliphatic rings. The van der Waals surface area contributed by atoms with Crippen molar-refractivity contribution in [1.29, 1.82) is 0 Å². The lowest BCUT2D eigenvalue weighted by atomic mass is 9.66. The van der Waals surface area contributed by atoms with Crippen molar-refractivity contribution < 1.29 is 9.84 Å². The van der Waals surface area contributed by atoms with Gasteiger partial charge in [0.05, 0.1) is 12.2 Å². The maximum atomic E-state index is 11.1. The van der Waals surface area contributed by atoms with E-state index in [4.69, 9.17) is 4.74 Å². The molecule has 1 aromatic rings. The predicted molar refractivity (Wildman–Crippen MR) is 81.0 cm³/mol. The van der Waals surface area contributed by atoms with E-state index in [2.05, 4.69) is 32.0 Å². The van der Waals surface area contributed by atoms with E-state index in [0.29, 0.717) is 17.8 Å². The summed E-state index contributed by atoms with van der Waals surface area (Å²) in [6.45, 7) is 5.30. The van der Waals surface area contributed by atoms with Crippen LogP contribution in [0.3, 0.4) is 0 Å². The van der Waals surface area contributed by atoms with E-state index in [1.165, 1.54) is 12.0 Å². The number of hydrogen-bond donors (Lipinski definition) is 1. The van der Waals surface area contributed by atoms with Crippen LogP contribution < -0.4 is 4.74 Å². The first kappa shape index (κ1) is 13.9. The Kier molecular flexibility index (Phi) is 3.76. The average molecular weight is 274 g/mol. The molecule has 0 aromatic heterocycles. The predicted octanol–water partition coefficient (Wildman–Crippen LogP) is 4.13. The molecule has 1 heterocycles. The van der Waals surface area contributed by atoms with Gasteiger partial charge in [-0.15, -0.1) is 0 Å². The Morgan fingerprint density at radius 1 is 1.25 bits per heavy atom. The van der Waals surface area contributed by atoms with E-state index in [-0.39, 0.29) is 0 Å². The van der Waals surface area contributed by atoms with Gasteiger partial charge in [-0.1, -0.05) is 44.9 Å². The van der Waals surface area contributed by atoms with Gasteiger partial charge in [0.25, 0.3) is 0 Å². The zero-order chi connectivity index (χ0) is 14.2. The van der Waals surface area contributed by atoms with Crippen molar-refractivity contribution in [2.75, 3.05) is 6.61 Å². The molecule has 0 amide bonds. The molecule has 1 aromatic carbocycles. The Balaban J connectivity index is 1.81. The SMILES string of the molecule is CC1CCCC(O)(CC2CCOc3ccccc32)C1C. The first-order valence-electron chi connectivity index (χ1n) is 8.04. The highest BCUT2D eigenvalue weighted by molar-refractivity contribution is 5.38. The summed E-state index contributed by atoms with van der Waals surface area (Å²) in [5, 5.41) is 11.1. The molecular weight excluding hydrogens is 248 g/mol. The Morgan fingerprint density at radius 2 is 2.05 bits per heavy atom. The Morgan fingerprint density at radius 3 is 2.90 bits per heavy atom. The summed E-state index contributed by atoms with van der Waals surface area (Å²) in [4.78, 5) is 0. The van der Waals surface area contributed by atoms with E-state index in [9.17, 15) is 5.11 Å². The fourth-order valence-electron chi connectivity index (χ4n) is 4.08. The number of rotatable bonds is 2. The van der Waals surface area contributed by atoms with Gasteiger partial charge in [-0.25, -0.2) is 0 Å². The molecule has 1 aliphatic heterocycles. The number of hydrogen-bond acceptors (Lipinski definition) is 2.